The number of hydrogen-bond donors (Lipinski definition) is 0. The Morgan fingerprint density at radius 1 is 1.58 bits per heavy atom. The van der Waals surface area contributed by atoms with Gasteiger partial charge in [-0.2, -0.15) is 0 Å². The molecule has 0 N–H and O–H groups in total. The number of hydrogen-bond acceptors (Lipinski definition) is 2. The molecule has 1 aliphatic rings. The van der Waals surface area contributed by atoms with Crippen LogP contribution in [0.2, 0.25) is 5.15 Å². The Balaban J connectivity index is 2.27. The fourth-order valence-corrected chi connectivity index (χ4v) is 3.00. The van der Waals surface area contributed by atoms with Crippen molar-refractivity contribution < 1.29 is 4.79 Å². The highest BCUT2D eigenvalue weighted by Crippen LogP contribution is 2.27. The summed E-state index contributed by atoms with van der Waals surface area (Å²) in [5, 5.41) is 0.250. The number of halogens is 2. The highest BCUT2D eigenvalue weighted by molar-refractivity contribution is 9.10. The van der Waals surface area contributed by atoms with Crippen LogP contribution in [-0.2, 0) is 0 Å². The summed E-state index contributed by atoms with van der Waals surface area (Å²) in [6, 6.07) is 2.02. The maximum Gasteiger partial charge on any atom is 0.257 e. The summed E-state index contributed by atoms with van der Waals surface area (Å²) >= 11 is 9.36. The summed E-state index contributed by atoms with van der Waals surface area (Å²) in [5.74, 6) is -0.0643. The third-order valence-electron chi connectivity index (χ3n) is 3.39. The minimum absolute atomic E-state index is 0.0643. The molecular formula is C14H16BrClN2O. The van der Waals surface area contributed by atoms with Gasteiger partial charge in [0.15, 0.2) is 0 Å². The third-order valence-corrected chi connectivity index (χ3v) is 4.12. The van der Waals surface area contributed by atoms with E-state index in [1.807, 2.05) is 4.90 Å². The first-order chi connectivity index (χ1) is 9.13. The summed E-state index contributed by atoms with van der Waals surface area (Å²) in [5.41, 5.74) is 0.449. The molecule has 5 heteroatoms. The van der Waals surface area contributed by atoms with Gasteiger partial charge in [0.1, 0.15) is 5.15 Å². The van der Waals surface area contributed by atoms with Gasteiger partial charge in [-0.1, -0.05) is 30.5 Å². The van der Waals surface area contributed by atoms with E-state index in [0.29, 0.717) is 18.2 Å². The van der Waals surface area contributed by atoms with Crippen molar-refractivity contribution in [1.82, 2.24) is 9.88 Å². The molecule has 2 rings (SSSR count). The first-order valence-electron chi connectivity index (χ1n) is 6.36. The molecule has 1 aromatic rings. The second-order valence-electron chi connectivity index (χ2n) is 4.68. The van der Waals surface area contributed by atoms with Gasteiger partial charge in [0.2, 0.25) is 0 Å². The third kappa shape index (κ3) is 3.37. The number of amides is 1. The van der Waals surface area contributed by atoms with Crippen molar-refractivity contribution in [2.75, 3.05) is 6.54 Å². The molecule has 1 heterocycles. The SMILES string of the molecule is C=CCN(C(=O)c1cc(Br)cnc1Cl)C1CCCC1. The quantitative estimate of drug-likeness (QED) is 0.610. The normalized spacial score (nSPS) is 15.5. The Morgan fingerprint density at radius 3 is 2.89 bits per heavy atom. The number of carbonyl (C=O) groups is 1. The van der Waals surface area contributed by atoms with E-state index in [0.717, 1.165) is 17.3 Å². The van der Waals surface area contributed by atoms with Crippen LogP contribution in [0.3, 0.4) is 0 Å². The minimum Gasteiger partial charge on any atom is -0.332 e. The smallest absolute Gasteiger partial charge is 0.257 e. The summed E-state index contributed by atoms with van der Waals surface area (Å²) in [4.78, 5) is 18.5. The molecule has 0 bridgehead atoms. The van der Waals surface area contributed by atoms with Crippen molar-refractivity contribution in [2.45, 2.75) is 31.7 Å². The van der Waals surface area contributed by atoms with E-state index in [-0.39, 0.29) is 11.1 Å². The molecule has 3 nitrogen and oxygen atoms in total. The van der Waals surface area contributed by atoms with E-state index < -0.39 is 0 Å². The van der Waals surface area contributed by atoms with E-state index >= 15 is 0 Å². The molecule has 1 aliphatic carbocycles. The fourth-order valence-electron chi connectivity index (χ4n) is 2.48. The Hall–Kier alpha value is -0.870. The van der Waals surface area contributed by atoms with Crippen molar-refractivity contribution in [3.63, 3.8) is 0 Å². The number of pyridine rings is 1. The Bertz CT molecular complexity index is 486. The molecule has 0 spiro atoms. The molecule has 1 amide bonds. The molecule has 0 aromatic carbocycles. The number of rotatable bonds is 4. The number of aromatic nitrogens is 1. The predicted octanol–water partition coefficient (Wildman–Crippen LogP) is 4.07. The van der Waals surface area contributed by atoms with Crippen LogP contribution in [0.1, 0.15) is 36.0 Å². The van der Waals surface area contributed by atoms with Crippen molar-refractivity contribution in [3.8, 4) is 0 Å². The fraction of sp³-hybridized carbons (Fsp3) is 0.429. The van der Waals surface area contributed by atoms with E-state index in [1.165, 1.54) is 12.8 Å². The van der Waals surface area contributed by atoms with Gasteiger partial charge in [-0.25, -0.2) is 4.98 Å². The summed E-state index contributed by atoms with van der Waals surface area (Å²) in [7, 11) is 0. The van der Waals surface area contributed by atoms with E-state index in [4.69, 9.17) is 11.6 Å². The minimum atomic E-state index is -0.0643. The standard InChI is InChI=1S/C14H16BrClN2O/c1-2-7-18(11-5-3-4-6-11)14(19)12-8-10(15)9-17-13(12)16/h2,8-9,11H,1,3-7H2. The van der Waals surface area contributed by atoms with Gasteiger partial charge in [-0.05, 0) is 34.8 Å². The van der Waals surface area contributed by atoms with E-state index in [1.54, 1.807) is 18.3 Å². The second-order valence-corrected chi connectivity index (χ2v) is 5.95. The van der Waals surface area contributed by atoms with Crippen molar-refractivity contribution in [1.29, 1.82) is 0 Å². The maximum absolute atomic E-state index is 12.6. The summed E-state index contributed by atoms with van der Waals surface area (Å²) in [6.45, 7) is 4.28. The van der Waals surface area contributed by atoms with Crippen LogP contribution >= 0.6 is 27.5 Å². The molecule has 0 saturated heterocycles. The highest BCUT2D eigenvalue weighted by Gasteiger charge is 2.28. The molecule has 0 aliphatic heterocycles. The van der Waals surface area contributed by atoms with Crippen molar-refractivity contribution in [2.24, 2.45) is 0 Å². The zero-order valence-corrected chi connectivity index (χ0v) is 13.0. The monoisotopic (exact) mass is 342 g/mol. The molecule has 102 valence electrons. The number of carbonyl (C=O) groups excluding carboxylic acids is 1. The first kappa shape index (κ1) is 14.5. The first-order valence-corrected chi connectivity index (χ1v) is 7.53. The Kier molecular flexibility index (Phi) is 4.99. The van der Waals surface area contributed by atoms with Gasteiger partial charge in [-0.3, -0.25) is 4.79 Å². The van der Waals surface area contributed by atoms with Gasteiger partial charge < -0.3 is 4.90 Å². The van der Waals surface area contributed by atoms with Gasteiger partial charge in [-0.15, -0.1) is 6.58 Å². The second kappa shape index (κ2) is 6.53. The molecular weight excluding hydrogens is 328 g/mol. The predicted molar refractivity (Wildman–Crippen MR) is 80.4 cm³/mol. The molecule has 19 heavy (non-hydrogen) atoms. The number of nitrogens with zero attached hydrogens (tertiary/aromatic N) is 2. The van der Waals surface area contributed by atoms with Crippen molar-refractivity contribution >= 4 is 33.4 Å². The summed E-state index contributed by atoms with van der Waals surface area (Å²) in [6.07, 6.45) is 7.81. The summed E-state index contributed by atoms with van der Waals surface area (Å²) < 4.78 is 0.755. The highest BCUT2D eigenvalue weighted by atomic mass is 79.9. The van der Waals surface area contributed by atoms with Gasteiger partial charge in [0.05, 0.1) is 5.56 Å². The molecule has 1 aromatic heterocycles. The van der Waals surface area contributed by atoms with Gasteiger partial charge in [0, 0.05) is 23.3 Å². The van der Waals surface area contributed by atoms with Gasteiger partial charge in [0.25, 0.3) is 5.91 Å². The van der Waals surface area contributed by atoms with Crippen LogP contribution in [0, 0.1) is 0 Å². The zero-order valence-electron chi connectivity index (χ0n) is 10.6. The van der Waals surface area contributed by atoms with Crippen LogP contribution in [0.15, 0.2) is 29.4 Å². The average molecular weight is 344 g/mol. The van der Waals surface area contributed by atoms with Crippen LogP contribution in [0.4, 0.5) is 0 Å². The maximum atomic E-state index is 12.6. The Morgan fingerprint density at radius 2 is 2.26 bits per heavy atom. The average Bonchev–Trinajstić information content (AvgIpc) is 2.92. The molecule has 0 atom stereocenters. The lowest BCUT2D eigenvalue weighted by Crippen LogP contribution is -2.39. The van der Waals surface area contributed by atoms with Crippen LogP contribution in [-0.4, -0.2) is 28.4 Å². The van der Waals surface area contributed by atoms with Crippen LogP contribution < -0.4 is 0 Å². The largest absolute Gasteiger partial charge is 0.332 e. The lowest BCUT2D eigenvalue weighted by Gasteiger charge is -2.28. The van der Waals surface area contributed by atoms with Crippen LogP contribution in [0.5, 0.6) is 0 Å². The van der Waals surface area contributed by atoms with E-state index in [9.17, 15) is 4.79 Å². The molecule has 0 radical (unpaired) electrons. The lowest BCUT2D eigenvalue weighted by atomic mass is 10.1. The molecule has 1 saturated carbocycles. The molecule has 0 unspecified atom stereocenters. The molecule has 1 fully saturated rings. The lowest BCUT2D eigenvalue weighted by molar-refractivity contribution is 0.0706. The zero-order chi connectivity index (χ0) is 13.8. The topological polar surface area (TPSA) is 33.2 Å². The Labute approximate surface area is 126 Å². The van der Waals surface area contributed by atoms with Gasteiger partial charge >= 0.3 is 0 Å². The van der Waals surface area contributed by atoms with Crippen LogP contribution in [0.25, 0.3) is 0 Å². The van der Waals surface area contributed by atoms with E-state index in [2.05, 4.69) is 27.5 Å². The van der Waals surface area contributed by atoms with Crippen molar-refractivity contribution in [3.05, 3.63) is 40.1 Å².